The Balaban J connectivity index is 2.20. The lowest BCUT2D eigenvalue weighted by atomic mass is 10.00. The summed E-state index contributed by atoms with van der Waals surface area (Å²) in [6.45, 7) is 0. The molecule has 0 unspecified atom stereocenters. The second kappa shape index (κ2) is 3.95. The van der Waals surface area contributed by atoms with E-state index >= 15 is 0 Å². The van der Waals surface area contributed by atoms with Gasteiger partial charge < -0.3 is 4.74 Å². The van der Waals surface area contributed by atoms with Gasteiger partial charge in [-0.15, -0.1) is 12.6 Å². The zero-order valence-electron chi connectivity index (χ0n) is 9.01. The first-order valence-corrected chi connectivity index (χ1v) is 5.67. The molecule has 2 aromatic carbocycles. The van der Waals surface area contributed by atoms with Crippen LogP contribution in [0.4, 0.5) is 13.2 Å². The predicted octanol–water partition coefficient (Wildman–Crippen LogP) is 4.09. The third-order valence-corrected chi connectivity index (χ3v) is 3.18. The van der Waals surface area contributed by atoms with Gasteiger partial charge in [0.1, 0.15) is 0 Å². The fourth-order valence-electron chi connectivity index (χ4n) is 2.00. The normalized spacial score (nSPS) is 12.7. The summed E-state index contributed by atoms with van der Waals surface area (Å²) in [6, 6.07) is 5.83. The number of halogens is 3. The summed E-state index contributed by atoms with van der Waals surface area (Å²) in [5.41, 5.74) is 1.05. The third kappa shape index (κ3) is 1.58. The van der Waals surface area contributed by atoms with Crippen LogP contribution >= 0.6 is 12.6 Å². The molecule has 92 valence electrons. The van der Waals surface area contributed by atoms with E-state index in [1.54, 1.807) is 12.1 Å². The van der Waals surface area contributed by atoms with E-state index in [-0.39, 0.29) is 22.8 Å². The molecule has 1 nitrogen and oxygen atoms in total. The number of para-hydroxylation sites is 1. The number of benzene rings is 2. The first kappa shape index (κ1) is 11.5. The molecule has 0 saturated heterocycles. The zero-order chi connectivity index (χ0) is 12.9. The second-order valence-electron chi connectivity index (χ2n) is 4.02. The van der Waals surface area contributed by atoms with Crippen LogP contribution in [-0.2, 0) is 6.42 Å². The van der Waals surface area contributed by atoms with E-state index in [4.69, 9.17) is 4.74 Å². The molecule has 0 atom stereocenters. The molecular formula is C13H7F3OS. The Labute approximate surface area is 107 Å². The Bertz CT molecular complexity index is 655. The molecule has 1 aliphatic rings. The predicted molar refractivity (Wildman–Crippen MR) is 62.9 cm³/mol. The zero-order valence-corrected chi connectivity index (χ0v) is 9.90. The van der Waals surface area contributed by atoms with E-state index < -0.39 is 17.5 Å². The van der Waals surface area contributed by atoms with Crippen LogP contribution < -0.4 is 4.74 Å². The molecule has 1 aliphatic heterocycles. The van der Waals surface area contributed by atoms with Crippen molar-refractivity contribution in [2.75, 3.05) is 0 Å². The van der Waals surface area contributed by atoms with Crippen molar-refractivity contribution in [2.24, 2.45) is 0 Å². The minimum absolute atomic E-state index is 0.0461. The van der Waals surface area contributed by atoms with Crippen LogP contribution in [0, 0.1) is 17.5 Å². The van der Waals surface area contributed by atoms with E-state index in [1.807, 2.05) is 0 Å². The minimum Gasteiger partial charge on any atom is -0.450 e. The highest BCUT2D eigenvalue weighted by Crippen LogP contribution is 2.41. The van der Waals surface area contributed by atoms with Gasteiger partial charge >= 0.3 is 0 Å². The standard InChI is InChI=1S/C13H7F3OS/c14-8-3-1-2-6-4-7-5-9(18)10(15)11(16)13(7)17-12(6)8/h1-3,5,18H,4H2. The molecule has 0 radical (unpaired) electrons. The van der Waals surface area contributed by atoms with Crippen LogP contribution in [0.1, 0.15) is 11.1 Å². The molecule has 5 heteroatoms. The van der Waals surface area contributed by atoms with Crippen LogP contribution in [-0.4, -0.2) is 0 Å². The fraction of sp³-hybridized carbons (Fsp3) is 0.0769. The largest absolute Gasteiger partial charge is 0.450 e. The Kier molecular flexibility index (Phi) is 2.52. The average molecular weight is 268 g/mol. The summed E-state index contributed by atoms with van der Waals surface area (Å²) >= 11 is 3.85. The van der Waals surface area contributed by atoms with Crippen molar-refractivity contribution < 1.29 is 17.9 Å². The summed E-state index contributed by atoms with van der Waals surface area (Å²) in [6.07, 6.45) is 0.285. The van der Waals surface area contributed by atoms with Crippen LogP contribution in [0.15, 0.2) is 29.2 Å². The van der Waals surface area contributed by atoms with Crippen LogP contribution in [0.2, 0.25) is 0 Å². The first-order chi connectivity index (χ1) is 8.58. The van der Waals surface area contributed by atoms with Gasteiger partial charge in [-0.1, -0.05) is 12.1 Å². The van der Waals surface area contributed by atoms with Gasteiger partial charge in [0.25, 0.3) is 0 Å². The van der Waals surface area contributed by atoms with Crippen LogP contribution in [0.25, 0.3) is 0 Å². The van der Waals surface area contributed by atoms with E-state index in [0.29, 0.717) is 11.1 Å². The highest BCUT2D eigenvalue weighted by atomic mass is 32.1. The van der Waals surface area contributed by atoms with E-state index in [0.717, 1.165) is 0 Å². The lowest BCUT2D eigenvalue weighted by Crippen LogP contribution is -2.08. The lowest BCUT2D eigenvalue weighted by molar-refractivity contribution is 0.377. The summed E-state index contributed by atoms with van der Waals surface area (Å²) in [4.78, 5) is -0.0882. The van der Waals surface area contributed by atoms with Crippen molar-refractivity contribution >= 4 is 12.6 Å². The molecule has 0 N–H and O–H groups in total. The maximum atomic E-state index is 13.7. The average Bonchev–Trinajstić information content (AvgIpc) is 2.35. The summed E-state index contributed by atoms with van der Waals surface area (Å²) < 4.78 is 45.7. The molecule has 2 aromatic rings. The molecule has 0 saturated carbocycles. The maximum absolute atomic E-state index is 13.7. The number of hydrogen-bond donors (Lipinski definition) is 1. The summed E-state index contributed by atoms with van der Waals surface area (Å²) in [7, 11) is 0. The van der Waals surface area contributed by atoms with Crippen molar-refractivity contribution in [3.8, 4) is 11.5 Å². The molecule has 0 spiro atoms. The highest BCUT2D eigenvalue weighted by Gasteiger charge is 2.26. The van der Waals surface area contributed by atoms with Gasteiger partial charge in [0, 0.05) is 22.4 Å². The van der Waals surface area contributed by atoms with Gasteiger partial charge in [0.15, 0.2) is 23.1 Å². The lowest BCUT2D eigenvalue weighted by Gasteiger charge is -2.21. The quantitative estimate of drug-likeness (QED) is 0.604. The van der Waals surface area contributed by atoms with Crippen molar-refractivity contribution in [2.45, 2.75) is 11.3 Å². The smallest absolute Gasteiger partial charge is 0.202 e. The Morgan fingerprint density at radius 1 is 1.00 bits per heavy atom. The Morgan fingerprint density at radius 3 is 2.56 bits per heavy atom. The number of hydrogen-bond acceptors (Lipinski definition) is 2. The SMILES string of the molecule is Fc1cccc2c1Oc1c(cc(S)c(F)c1F)C2. The third-order valence-electron chi connectivity index (χ3n) is 2.85. The number of ether oxygens (including phenoxy) is 1. The molecule has 3 rings (SSSR count). The Morgan fingerprint density at radius 2 is 1.78 bits per heavy atom. The molecule has 0 amide bonds. The molecule has 0 aromatic heterocycles. The van der Waals surface area contributed by atoms with Crippen LogP contribution in [0.5, 0.6) is 11.5 Å². The molecule has 18 heavy (non-hydrogen) atoms. The van der Waals surface area contributed by atoms with E-state index in [2.05, 4.69) is 12.6 Å². The molecule has 0 aliphatic carbocycles. The van der Waals surface area contributed by atoms with Crippen molar-refractivity contribution in [1.29, 1.82) is 0 Å². The van der Waals surface area contributed by atoms with Gasteiger partial charge in [0.2, 0.25) is 5.82 Å². The fourth-order valence-corrected chi connectivity index (χ4v) is 2.26. The van der Waals surface area contributed by atoms with Gasteiger partial charge in [-0.05, 0) is 12.1 Å². The van der Waals surface area contributed by atoms with Gasteiger partial charge in [0.05, 0.1) is 0 Å². The number of rotatable bonds is 0. The first-order valence-electron chi connectivity index (χ1n) is 5.23. The van der Waals surface area contributed by atoms with Crippen molar-refractivity contribution in [3.05, 3.63) is 52.8 Å². The van der Waals surface area contributed by atoms with Gasteiger partial charge in [-0.3, -0.25) is 0 Å². The van der Waals surface area contributed by atoms with Crippen molar-refractivity contribution in [3.63, 3.8) is 0 Å². The highest BCUT2D eigenvalue weighted by molar-refractivity contribution is 7.80. The molecule has 0 fully saturated rings. The van der Waals surface area contributed by atoms with Crippen LogP contribution in [0.3, 0.4) is 0 Å². The molecule has 0 bridgehead atoms. The van der Waals surface area contributed by atoms with E-state index in [1.165, 1.54) is 12.1 Å². The monoisotopic (exact) mass is 268 g/mol. The molecular weight excluding hydrogens is 261 g/mol. The topological polar surface area (TPSA) is 9.23 Å². The van der Waals surface area contributed by atoms with Crippen molar-refractivity contribution in [1.82, 2.24) is 0 Å². The van der Waals surface area contributed by atoms with E-state index in [9.17, 15) is 13.2 Å². The van der Waals surface area contributed by atoms with Gasteiger partial charge in [-0.25, -0.2) is 8.78 Å². The minimum atomic E-state index is -1.13. The Hall–Kier alpha value is -1.62. The van der Waals surface area contributed by atoms with Gasteiger partial charge in [-0.2, -0.15) is 4.39 Å². The number of thiol groups is 1. The maximum Gasteiger partial charge on any atom is 0.202 e. The summed E-state index contributed by atoms with van der Waals surface area (Å²) in [5, 5.41) is 0. The number of fused-ring (bicyclic) bond motifs is 2. The summed E-state index contributed by atoms with van der Waals surface area (Å²) in [5.74, 6) is -3.12. The second-order valence-corrected chi connectivity index (χ2v) is 4.50. The molecule has 1 heterocycles.